The maximum absolute atomic E-state index is 10.8. The normalized spacial score (nSPS) is 14.0. The van der Waals surface area contributed by atoms with E-state index in [-0.39, 0.29) is 6.54 Å². The van der Waals surface area contributed by atoms with Crippen molar-refractivity contribution in [2.45, 2.75) is 25.4 Å². The van der Waals surface area contributed by atoms with Crippen molar-refractivity contribution in [3.8, 4) is 0 Å². The second kappa shape index (κ2) is 9.57. The highest BCUT2D eigenvalue weighted by atomic mass is 32.1. The van der Waals surface area contributed by atoms with Gasteiger partial charge in [-0.15, -0.1) is 11.3 Å². The molecule has 3 aromatic rings. The van der Waals surface area contributed by atoms with E-state index < -0.39 is 5.60 Å². The number of nitrogens with zero attached hydrogens (tertiary/aromatic N) is 3. The number of rotatable bonds is 9. The minimum absolute atomic E-state index is 0.230. The van der Waals surface area contributed by atoms with Crippen LogP contribution in [0.1, 0.15) is 23.1 Å². The molecule has 0 saturated carbocycles. The van der Waals surface area contributed by atoms with Gasteiger partial charge in [0.15, 0.2) is 5.96 Å². The smallest absolute Gasteiger partial charge is 0.191 e. The summed E-state index contributed by atoms with van der Waals surface area (Å²) in [6.07, 6.45) is 6.84. The summed E-state index contributed by atoms with van der Waals surface area (Å²) in [7, 11) is 1.83. The van der Waals surface area contributed by atoms with Crippen molar-refractivity contribution >= 4 is 17.3 Å². The molecular weight excluding hydrogens is 374 g/mol. The Morgan fingerprint density at radius 1 is 1.29 bits per heavy atom. The Kier molecular flexibility index (Phi) is 6.89. The number of aliphatic hydroxyl groups is 1. The molecule has 7 nitrogen and oxygen atoms in total. The number of aromatic nitrogens is 2. The molecule has 0 fully saturated rings. The third-order valence-electron chi connectivity index (χ3n) is 4.36. The predicted molar refractivity (Wildman–Crippen MR) is 112 cm³/mol. The zero-order chi connectivity index (χ0) is 19.8. The monoisotopic (exact) mass is 401 g/mol. The molecule has 0 amide bonds. The Hall–Kier alpha value is -2.58. The van der Waals surface area contributed by atoms with E-state index in [2.05, 4.69) is 38.2 Å². The number of guanidine groups is 1. The molecule has 3 N–H and O–H groups in total. The average Bonchev–Trinajstić information content (AvgIpc) is 3.42. The topological polar surface area (TPSA) is 87.6 Å². The van der Waals surface area contributed by atoms with E-state index in [0.717, 1.165) is 30.7 Å². The van der Waals surface area contributed by atoms with Crippen LogP contribution >= 0.6 is 11.3 Å². The van der Waals surface area contributed by atoms with Crippen molar-refractivity contribution in [2.75, 3.05) is 19.6 Å². The van der Waals surface area contributed by atoms with Gasteiger partial charge >= 0.3 is 0 Å². The zero-order valence-corrected chi connectivity index (χ0v) is 17.1. The van der Waals surface area contributed by atoms with E-state index in [1.54, 1.807) is 35.4 Å². The maximum Gasteiger partial charge on any atom is 0.191 e. The highest BCUT2D eigenvalue weighted by Gasteiger charge is 2.24. The first-order valence-electron chi connectivity index (χ1n) is 9.31. The zero-order valence-electron chi connectivity index (χ0n) is 16.3. The molecule has 0 aromatic carbocycles. The van der Waals surface area contributed by atoms with Gasteiger partial charge in [0.2, 0.25) is 0 Å². The van der Waals surface area contributed by atoms with Crippen LogP contribution in [0.15, 0.2) is 57.7 Å². The van der Waals surface area contributed by atoms with Crippen LogP contribution in [0, 0.1) is 0 Å². The first-order chi connectivity index (χ1) is 13.5. The molecule has 3 aromatic heterocycles. The van der Waals surface area contributed by atoms with E-state index >= 15 is 0 Å². The van der Waals surface area contributed by atoms with Gasteiger partial charge in [0.1, 0.15) is 11.4 Å². The summed E-state index contributed by atoms with van der Waals surface area (Å²) >= 11 is 1.75. The molecule has 3 heterocycles. The number of hydrogen-bond acceptors (Lipinski definition) is 5. The summed E-state index contributed by atoms with van der Waals surface area (Å²) in [6.45, 7) is 3.43. The van der Waals surface area contributed by atoms with Gasteiger partial charge in [-0.05, 0) is 36.9 Å². The maximum atomic E-state index is 10.8. The first kappa shape index (κ1) is 20.2. The molecule has 0 bridgehead atoms. The molecule has 0 saturated heterocycles. The molecule has 3 rings (SSSR count). The van der Waals surface area contributed by atoms with Gasteiger partial charge in [0.25, 0.3) is 0 Å². The quantitative estimate of drug-likeness (QED) is 0.378. The third kappa shape index (κ3) is 5.97. The molecule has 0 spiro atoms. The average molecular weight is 402 g/mol. The molecule has 1 atom stereocenters. The fourth-order valence-electron chi connectivity index (χ4n) is 2.72. The summed E-state index contributed by atoms with van der Waals surface area (Å²) in [5, 5.41) is 23.7. The molecule has 0 aliphatic heterocycles. The van der Waals surface area contributed by atoms with Crippen molar-refractivity contribution in [3.05, 3.63) is 64.5 Å². The van der Waals surface area contributed by atoms with Gasteiger partial charge in [0.05, 0.1) is 19.0 Å². The minimum Gasteiger partial charge on any atom is -0.469 e. The third-order valence-corrected chi connectivity index (χ3v) is 5.30. The van der Waals surface area contributed by atoms with Crippen molar-refractivity contribution in [1.29, 1.82) is 0 Å². The van der Waals surface area contributed by atoms with Gasteiger partial charge in [-0.1, -0.05) is 6.07 Å². The van der Waals surface area contributed by atoms with Gasteiger partial charge in [-0.2, -0.15) is 5.10 Å². The van der Waals surface area contributed by atoms with Crippen LogP contribution in [0.4, 0.5) is 0 Å². The van der Waals surface area contributed by atoms with Crippen LogP contribution in [0.5, 0.6) is 0 Å². The summed E-state index contributed by atoms with van der Waals surface area (Å²) in [6, 6.07) is 8.02. The lowest BCUT2D eigenvalue weighted by atomic mass is 10.0. The fourth-order valence-corrected chi connectivity index (χ4v) is 3.42. The lowest BCUT2D eigenvalue weighted by molar-refractivity contribution is 0.0672. The van der Waals surface area contributed by atoms with Crippen molar-refractivity contribution in [1.82, 2.24) is 20.4 Å². The SMILES string of the molecule is Cn1cc(C(C)(O)CN=C(NCCc2ccco2)NCCc2cccs2)cn1. The number of aryl methyl sites for hydroxylation is 1. The predicted octanol–water partition coefficient (Wildman–Crippen LogP) is 2.30. The largest absolute Gasteiger partial charge is 0.469 e. The number of aliphatic imine (C=N–C) groups is 1. The Labute approximate surface area is 169 Å². The van der Waals surface area contributed by atoms with Crippen LogP contribution in [-0.2, 0) is 25.5 Å². The lowest BCUT2D eigenvalue weighted by Crippen LogP contribution is -2.40. The summed E-state index contributed by atoms with van der Waals surface area (Å²) in [5.74, 6) is 1.60. The first-order valence-corrected chi connectivity index (χ1v) is 10.2. The second-order valence-corrected chi connectivity index (χ2v) is 7.89. The van der Waals surface area contributed by atoms with E-state index in [1.807, 2.05) is 25.4 Å². The van der Waals surface area contributed by atoms with Crippen LogP contribution in [0.3, 0.4) is 0 Å². The number of furan rings is 1. The molecule has 0 aliphatic rings. The molecule has 8 heteroatoms. The highest BCUT2D eigenvalue weighted by molar-refractivity contribution is 7.09. The molecule has 0 radical (unpaired) electrons. The lowest BCUT2D eigenvalue weighted by Gasteiger charge is -2.20. The van der Waals surface area contributed by atoms with Crippen LogP contribution in [0.2, 0.25) is 0 Å². The van der Waals surface area contributed by atoms with Crippen LogP contribution in [0.25, 0.3) is 0 Å². The van der Waals surface area contributed by atoms with E-state index in [4.69, 9.17) is 4.42 Å². The molecular formula is C20H27N5O2S. The van der Waals surface area contributed by atoms with Gasteiger partial charge in [0, 0.05) is 43.2 Å². The van der Waals surface area contributed by atoms with Gasteiger partial charge in [-0.25, -0.2) is 4.99 Å². The number of hydrogen-bond donors (Lipinski definition) is 3. The standard InChI is InChI=1S/C20H27N5O2S/c1-20(26,16-13-24-25(2)14-16)15-23-19(21-9-7-17-5-3-11-27-17)22-10-8-18-6-4-12-28-18/h3-6,11-14,26H,7-10,15H2,1-2H3,(H2,21,22,23). The Morgan fingerprint density at radius 3 is 2.75 bits per heavy atom. The van der Waals surface area contributed by atoms with E-state index in [9.17, 15) is 5.11 Å². The van der Waals surface area contributed by atoms with Crippen LogP contribution < -0.4 is 10.6 Å². The molecule has 150 valence electrons. The van der Waals surface area contributed by atoms with E-state index in [1.165, 1.54) is 4.88 Å². The van der Waals surface area contributed by atoms with Gasteiger partial charge in [-0.3, -0.25) is 4.68 Å². The number of nitrogens with one attached hydrogen (secondary N) is 2. The molecule has 28 heavy (non-hydrogen) atoms. The summed E-state index contributed by atoms with van der Waals surface area (Å²) in [4.78, 5) is 5.92. The van der Waals surface area contributed by atoms with Crippen molar-refractivity contribution < 1.29 is 9.52 Å². The van der Waals surface area contributed by atoms with E-state index in [0.29, 0.717) is 12.5 Å². The molecule has 1 unspecified atom stereocenters. The second-order valence-electron chi connectivity index (χ2n) is 6.85. The Balaban J connectivity index is 1.58. The summed E-state index contributed by atoms with van der Waals surface area (Å²) < 4.78 is 7.05. The Morgan fingerprint density at radius 2 is 2.11 bits per heavy atom. The van der Waals surface area contributed by atoms with Crippen molar-refractivity contribution in [3.63, 3.8) is 0 Å². The number of thiophene rings is 1. The Bertz CT molecular complexity index is 811. The summed E-state index contributed by atoms with van der Waals surface area (Å²) in [5.41, 5.74) is -0.343. The van der Waals surface area contributed by atoms with Crippen LogP contribution in [-0.4, -0.2) is 40.5 Å². The highest BCUT2D eigenvalue weighted by Crippen LogP contribution is 2.19. The minimum atomic E-state index is -1.09. The molecule has 0 aliphatic carbocycles. The van der Waals surface area contributed by atoms with Crippen molar-refractivity contribution in [2.24, 2.45) is 12.0 Å². The van der Waals surface area contributed by atoms with Gasteiger partial charge < -0.3 is 20.2 Å². The fraction of sp³-hybridized carbons (Fsp3) is 0.400.